The van der Waals surface area contributed by atoms with Gasteiger partial charge in [0.25, 0.3) is 5.91 Å². The van der Waals surface area contributed by atoms with E-state index in [1.807, 2.05) is 19.1 Å². The monoisotopic (exact) mass is 303 g/mol. The van der Waals surface area contributed by atoms with Gasteiger partial charge in [-0.3, -0.25) is 4.79 Å². The van der Waals surface area contributed by atoms with Crippen LogP contribution in [0, 0.1) is 18.3 Å². The van der Waals surface area contributed by atoms with Gasteiger partial charge < -0.3 is 20.5 Å². The van der Waals surface area contributed by atoms with Gasteiger partial charge >= 0.3 is 0 Å². The highest BCUT2D eigenvalue weighted by Gasteiger charge is 2.16. The summed E-state index contributed by atoms with van der Waals surface area (Å²) in [5.74, 6) is -0.0347. The maximum absolute atomic E-state index is 12.2. The van der Waals surface area contributed by atoms with Crippen molar-refractivity contribution in [2.24, 2.45) is 0 Å². The number of methoxy groups -OCH3 is 1. The quantitative estimate of drug-likeness (QED) is 0.549. The minimum atomic E-state index is -0.622. The number of aliphatic hydroxyl groups is 1. The molecule has 0 spiro atoms. The van der Waals surface area contributed by atoms with Gasteiger partial charge in [-0.2, -0.15) is 5.26 Å². The number of nitrogens with one attached hydrogen (secondary N) is 2. The minimum absolute atomic E-state index is 0.0925. The summed E-state index contributed by atoms with van der Waals surface area (Å²) < 4.78 is 5.18. The van der Waals surface area contributed by atoms with Crippen LogP contribution in [0.5, 0.6) is 5.75 Å². The summed E-state index contributed by atoms with van der Waals surface area (Å²) in [6.07, 6.45) is 1.30. The van der Waals surface area contributed by atoms with Crippen molar-refractivity contribution >= 4 is 11.6 Å². The molecule has 0 unspecified atom stereocenters. The molecule has 22 heavy (non-hydrogen) atoms. The largest absolute Gasteiger partial charge is 0.495 e. The molecule has 1 aromatic carbocycles. The van der Waals surface area contributed by atoms with E-state index < -0.39 is 11.4 Å². The lowest BCUT2D eigenvalue weighted by Crippen LogP contribution is -2.39. The van der Waals surface area contributed by atoms with E-state index in [-0.39, 0.29) is 12.2 Å². The van der Waals surface area contributed by atoms with Gasteiger partial charge in [-0.05, 0) is 38.5 Å². The van der Waals surface area contributed by atoms with Crippen LogP contribution < -0.4 is 15.4 Å². The van der Waals surface area contributed by atoms with Crippen LogP contribution in [-0.2, 0) is 4.79 Å². The van der Waals surface area contributed by atoms with Crippen molar-refractivity contribution < 1.29 is 14.6 Å². The molecule has 3 N–H and O–H groups in total. The molecule has 0 aliphatic carbocycles. The van der Waals surface area contributed by atoms with Crippen LogP contribution in [0.2, 0.25) is 0 Å². The Morgan fingerprint density at radius 1 is 1.50 bits per heavy atom. The molecule has 0 fully saturated rings. The van der Waals surface area contributed by atoms with Gasteiger partial charge in [0.2, 0.25) is 0 Å². The first-order valence-corrected chi connectivity index (χ1v) is 6.78. The Morgan fingerprint density at radius 2 is 2.18 bits per heavy atom. The SMILES string of the molecule is COc1ccc(C)cc1NC(=O)/C(C#N)=C\NC(C)(C)CO. The molecule has 1 amide bonds. The van der Waals surface area contributed by atoms with E-state index in [0.717, 1.165) is 5.56 Å². The van der Waals surface area contributed by atoms with E-state index in [1.54, 1.807) is 26.0 Å². The second-order valence-electron chi connectivity index (χ2n) is 5.51. The van der Waals surface area contributed by atoms with Crippen LogP contribution in [0.3, 0.4) is 0 Å². The summed E-state index contributed by atoms with van der Waals surface area (Å²) in [5, 5.41) is 23.8. The fraction of sp³-hybridized carbons (Fsp3) is 0.375. The van der Waals surface area contributed by atoms with Crippen molar-refractivity contribution in [2.75, 3.05) is 19.0 Å². The summed E-state index contributed by atoms with van der Waals surface area (Å²) in [6.45, 7) is 5.26. The number of anilines is 1. The third-order valence-electron chi connectivity index (χ3n) is 2.97. The first-order chi connectivity index (χ1) is 10.3. The predicted octanol–water partition coefficient (Wildman–Crippen LogP) is 1.71. The Hall–Kier alpha value is -2.52. The van der Waals surface area contributed by atoms with Crippen molar-refractivity contribution in [1.29, 1.82) is 5.26 Å². The maximum atomic E-state index is 12.2. The first-order valence-electron chi connectivity index (χ1n) is 6.78. The standard InChI is InChI=1S/C16H21N3O3/c1-11-5-6-14(22-4)13(7-11)19-15(21)12(8-17)9-18-16(2,3)10-20/h5-7,9,18,20H,10H2,1-4H3,(H,19,21)/b12-9-. The van der Waals surface area contributed by atoms with Crippen LogP contribution in [0.4, 0.5) is 5.69 Å². The zero-order chi connectivity index (χ0) is 16.8. The minimum Gasteiger partial charge on any atom is -0.495 e. The van der Waals surface area contributed by atoms with Crippen LogP contribution in [0.15, 0.2) is 30.0 Å². The van der Waals surface area contributed by atoms with Crippen molar-refractivity contribution in [3.05, 3.63) is 35.5 Å². The topological polar surface area (TPSA) is 94.4 Å². The molecule has 0 radical (unpaired) electrons. The highest BCUT2D eigenvalue weighted by atomic mass is 16.5. The van der Waals surface area contributed by atoms with E-state index in [2.05, 4.69) is 10.6 Å². The van der Waals surface area contributed by atoms with Gasteiger partial charge in [-0.1, -0.05) is 6.07 Å². The number of carbonyl (C=O) groups excluding carboxylic acids is 1. The van der Waals surface area contributed by atoms with E-state index in [9.17, 15) is 4.79 Å². The van der Waals surface area contributed by atoms with E-state index >= 15 is 0 Å². The zero-order valence-electron chi connectivity index (χ0n) is 13.2. The second kappa shape index (κ2) is 7.48. The lowest BCUT2D eigenvalue weighted by Gasteiger charge is -2.22. The fourth-order valence-corrected chi connectivity index (χ4v) is 1.57. The number of carbonyl (C=O) groups is 1. The molecule has 0 aliphatic heterocycles. The van der Waals surface area contributed by atoms with E-state index in [0.29, 0.717) is 11.4 Å². The number of nitriles is 1. The Kier molecular flexibility index (Phi) is 5.96. The third kappa shape index (κ3) is 4.79. The Labute approximate surface area is 130 Å². The molecular formula is C16H21N3O3. The fourth-order valence-electron chi connectivity index (χ4n) is 1.57. The van der Waals surface area contributed by atoms with Gasteiger partial charge in [0.1, 0.15) is 17.4 Å². The zero-order valence-corrected chi connectivity index (χ0v) is 13.2. The number of amides is 1. The van der Waals surface area contributed by atoms with Crippen molar-refractivity contribution in [1.82, 2.24) is 5.32 Å². The van der Waals surface area contributed by atoms with Gasteiger partial charge in [-0.25, -0.2) is 0 Å². The molecular weight excluding hydrogens is 282 g/mol. The molecule has 0 saturated heterocycles. The van der Waals surface area contributed by atoms with Gasteiger partial charge in [0, 0.05) is 6.20 Å². The number of benzene rings is 1. The second-order valence-corrected chi connectivity index (χ2v) is 5.51. The lowest BCUT2D eigenvalue weighted by molar-refractivity contribution is -0.112. The number of ether oxygens (including phenoxy) is 1. The predicted molar refractivity (Wildman–Crippen MR) is 84.4 cm³/mol. The van der Waals surface area contributed by atoms with Gasteiger partial charge in [0.05, 0.1) is 24.9 Å². The average molecular weight is 303 g/mol. The Morgan fingerprint density at radius 3 is 2.73 bits per heavy atom. The van der Waals surface area contributed by atoms with Gasteiger partial charge in [0.15, 0.2) is 0 Å². The molecule has 1 aromatic rings. The molecule has 0 saturated carbocycles. The highest BCUT2D eigenvalue weighted by Crippen LogP contribution is 2.25. The molecule has 0 bridgehead atoms. The molecule has 6 nitrogen and oxygen atoms in total. The molecule has 0 heterocycles. The molecule has 0 aromatic heterocycles. The number of aryl methyl sites for hydroxylation is 1. The van der Waals surface area contributed by atoms with Crippen LogP contribution >= 0.6 is 0 Å². The maximum Gasteiger partial charge on any atom is 0.267 e. The molecule has 6 heteroatoms. The number of aliphatic hydroxyl groups excluding tert-OH is 1. The average Bonchev–Trinajstić information content (AvgIpc) is 2.48. The summed E-state index contributed by atoms with van der Waals surface area (Å²) in [4.78, 5) is 12.2. The number of nitrogens with zero attached hydrogens (tertiary/aromatic N) is 1. The van der Waals surface area contributed by atoms with Crippen molar-refractivity contribution in [3.8, 4) is 11.8 Å². The van der Waals surface area contributed by atoms with Crippen LogP contribution in [0.25, 0.3) is 0 Å². The summed E-state index contributed by atoms with van der Waals surface area (Å²) in [5.41, 5.74) is 0.738. The normalized spacial score (nSPS) is 11.5. The van der Waals surface area contributed by atoms with Gasteiger partial charge in [-0.15, -0.1) is 0 Å². The number of hydrogen-bond donors (Lipinski definition) is 3. The summed E-state index contributed by atoms with van der Waals surface area (Å²) in [6, 6.07) is 7.20. The molecule has 118 valence electrons. The van der Waals surface area contributed by atoms with Crippen LogP contribution in [-0.4, -0.2) is 30.3 Å². The Balaban J connectivity index is 2.93. The molecule has 0 aliphatic rings. The third-order valence-corrected chi connectivity index (χ3v) is 2.97. The van der Waals surface area contributed by atoms with Crippen molar-refractivity contribution in [2.45, 2.75) is 26.3 Å². The summed E-state index contributed by atoms with van der Waals surface area (Å²) in [7, 11) is 1.51. The van der Waals surface area contributed by atoms with Crippen LogP contribution in [0.1, 0.15) is 19.4 Å². The van der Waals surface area contributed by atoms with E-state index in [4.69, 9.17) is 15.1 Å². The highest BCUT2D eigenvalue weighted by molar-refractivity contribution is 6.07. The van der Waals surface area contributed by atoms with E-state index in [1.165, 1.54) is 13.3 Å². The Bertz CT molecular complexity index is 616. The summed E-state index contributed by atoms with van der Waals surface area (Å²) >= 11 is 0. The smallest absolute Gasteiger partial charge is 0.267 e. The molecule has 0 atom stereocenters. The lowest BCUT2D eigenvalue weighted by atomic mass is 10.1. The number of hydrogen-bond acceptors (Lipinski definition) is 5. The van der Waals surface area contributed by atoms with Crippen molar-refractivity contribution in [3.63, 3.8) is 0 Å². The number of rotatable bonds is 6. The molecule has 1 rings (SSSR count). The first kappa shape index (κ1) is 17.5.